The van der Waals surface area contributed by atoms with Crippen molar-refractivity contribution in [3.8, 4) is 11.5 Å². The smallest absolute Gasteiger partial charge is 0.335 e. The first-order valence-corrected chi connectivity index (χ1v) is 10.5. The summed E-state index contributed by atoms with van der Waals surface area (Å²) in [5.41, 5.74) is 4.41. The molecule has 156 valence electrons. The summed E-state index contributed by atoms with van der Waals surface area (Å²) in [4.78, 5) is 11.0. The molecule has 0 fully saturated rings. The SMILES string of the molecule is CCOc1cc(CNc2ccc(C(=O)O)cc2)cc(Br)c1OCc1ccc(C)cc1. The summed E-state index contributed by atoms with van der Waals surface area (Å²) in [7, 11) is 0. The van der Waals surface area contributed by atoms with E-state index >= 15 is 0 Å². The molecule has 0 saturated heterocycles. The Morgan fingerprint density at radius 1 is 1.00 bits per heavy atom. The van der Waals surface area contributed by atoms with E-state index in [9.17, 15) is 4.79 Å². The highest BCUT2D eigenvalue weighted by molar-refractivity contribution is 9.10. The largest absolute Gasteiger partial charge is 0.490 e. The molecule has 0 heterocycles. The molecule has 3 aromatic rings. The first-order chi connectivity index (χ1) is 14.5. The van der Waals surface area contributed by atoms with Gasteiger partial charge in [0.1, 0.15) is 6.61 Å². The first-order valence-electron chi connectivity index (χ1n) is 9.67. The van der Waals surface area contributed by atoms with Crippen LogP contribution in [-0.2, 0) is 13.2 Å². The maximum atomic E-state index is 11.0. The van der Waals surface area contributed by atoms with Crippen molar-refractivity contribution in [3.05, 3.63) is 87.4 Å². The van der Waals surface area contributed by atoms with Gasteiger partial charge < -0.3 is 19.9 Å². The van der Waals surface area contributed by atoms with Crippen LogP contribution in [0.1, 0.15) is 34.0 Å². The average molecular weight is 470 g/mol. The number of halogens is 1. The van der Waals surface area contributed by atoms with Gasteiger partial charge in [-0.05, 0) is 77.3 Å². The molecule has 0 unspecified atom stereocenters. The van der Waals surface area contributed by atoms with E-state index in [1.807, 2.05) is 19.1 Å². The van der Waals surface area contributed by atoms with E-state index < -0.39 is 5.97 Å². The van der Waals surface area contributed by atoms with Gasteiger partial charge in [-0.15, -0.1) is 0 Å². The molecule has 0 aliphatic carbocycles. The average Bonchev–Trinajstić information content (AvgIpc) is 2.73. The molecule has 2 N–H and O–H groups in total. The predicted octanol–water partition coefficient (Wildman–Crippen LogP) is 6.05. The van der Waals surface area contributed by atoms with Crippen LogP contribution in [0.5, 0.6) is 11.5 Å². The van der Waals surface area contributed by atoms with Crippen molar-refractivity contribution in [1.82, 2.24) is 0 Å². The van der Waals surface area contributed by atoms with Gasteiger partial charge in [0, 0.05) is 12.2 Å². The lowest BCUT2D eigenvalue weighted by atomic mass is 10.1. The van der Waals surface area contributed by atoms with Gasteiger partial charge in [-0.3, -0.25) is 0 Å². The molecule has 5 nitrogen and oxygen atoms in total. The topological polar surface area (TPSA) is 67.8 Å². The van der Waals surface area contributed by atoms with Gasteiger partial charge in [0.05, 0.1) is 16.6 Å². The van der Waals surface area contributed by atoms with E-state index in [0.717, 1.165) is 21.3 Å². The fraction of sp³-hybridized carbons (Fsp3) is 0.208. The maximum Gasteiger partial charge on any atom is 0.335 e. The summed E-state index contributed by atoms with van der Waals surface area (Å²) in [6.45, 7) is 5.53. The molecule has 0 aromatic heterocycles. The number of carboxylic acid groups (broad SMARTS) is 1. The lowest BCUT2D eigenvalue weighted by Gasteiger charge is -2.16. The molecule has 0 amide bonds. The van der Waals surface area contributed by atoms with Crippen LogP contribution >= 0.6 is 15.9 Å². The van der Waals surface area contributed by atoms with Crippen LogP contribution in [0.25, 0.3) is 0 Å². The number of benzene rings is 3. The molecule has 30 heavy (non-hydrogen) atoms. The predicted molar refractivity (Wildman–Crippen MR) is 122 cm³/mol. The second-order valence-corrected chi connectivity index (χ2v) is 7.70. The minimum absolute atomic E-state index is 0.261. The van der Waals surface area contributed by atoms with E-state index in [4.69, 9.17) is 14.6 Å². The second-order valence-electron chi connectivity index (χ2n) is 6.85. The standard InChI is InChI=1S/C24H24BrNO4/c1-3-29-22-13-18(14-26-20-10-8-19(9-11-20)24(27)28)12-21(25)23(22)30-15-17-6-4-16(2)5-7-17/h4-13,26H,3,14-15H2,1-2H3,(H,27,28). The van der Waals surface area contributed by atoms with Crippen molar-refractivity contribution in [2.24, 2.45) is 0 Å². The van der Waals surface area contributed by atoms with Crippen LogP contribution in [-0.4, -0.2) is 17.7 Å². The van der Waals surface area contributed by atoms with Crippen molar-refractivity contribution in [3.63, 3.8) is 0 Å². The Labute approximate surface area is 184 Å². The van der Waals surface area contributed by atoms with Crippen molar-refractivity contribution >= 4 is 27.6 Å². The highest BCUT2D eigenvalue weighted by Crippen LogP contribution is 2.37. The third-order valence-electron chi connectivity index (χ3n) is 4.50. The van der Waals surface area contributed by atoms with E-state index in [-0.39, 0.29) is 5.56 Å². The number of hydrogen-bond acceptors (Lipinski definition) is 4. The quantitative estimate of drug-likeness (QED) is 0.399. The summed E-state index contributed by atoms with van der Waals surface area (Å²) in [5, 5.41) is 12.3. The minimum Gasteiger partial charge on any atom is -0.490 e. The van der Waals surface area contributed by atoms with Crippen LogP contribution in [0.2, 0.25) is 0 Å². The number of aryl methyl sites for hydroxylation is 1. The van der Waals surface area contributed by atoms with Crippen LogP contribution in [0.3, 0.4) is 0 Å². The lowest BCUT2D eigenvalue weighted by molar-refractivity contribution is 0.0697. The highest BCUT2D eigenvalue weighted by Gasteiger charge is 2.13. The molecule has 0 saturated carbocycles. The van der Waals surface area contributed by atoms with Gasteiger partial charge in [-0.1, -0.05) is 29.8 Å². The monoisotopic (exact) mass is 469 g/mol. The number of aromatic carboxylic acids is 1. The maximum absolute atomic E-state index is 11.0. The molecule has 3 aromatic carbocycles. The van der Waals surface area contributed by atoms with Crippen molar-refractivity contribution < 1.29 is 19.4 Å². The van der Waals surface area contributed by atoms with Crippen molar-refractivity contribution in [2.75, 3.05) is 11.9 Å². The van der Waals surface area contributed by atoms with Crippen LogP contribution < -0.4 is 14.8 Å². The third kappa shape index (κ3) is 5.76. The molecule has 0 atom stereocenters. The molecule has 0 spiro atoms. The normalized spacial score (nSPS) is 10.5. The Morgan fingerprint density at radius 2 is 1.70 bits per heavy atom. The van der Waals surface area contributed by atoms with Crippen molar-refractivity contribution in [2.45, 2.75) is 27.0 Å². The number of hydrogen-bond donors (Lipinski definition) is 2. The van der Waals surface area contributed by atoms with Gasteiger partial charge in [0.2, 0.25) is 0 Å². The van der Waals surface area contributed by atoms with Crippen molar-refractivity contribution in [1.29, 1.82) is 0 Å². The summed E-state index contributed by atoms with van der Waals surface area (Å²) >= 11 is 3.61. The fourth-order valence-corrected chi connectivity index (χ4v) is 3.50. The summed E-state index contributed by atoms with van der Waals surface area (Å²) in [6.07, 6.45) is 0. The zero-order valence-electron chi connectivity index (χ0n) is 16.9. The van der Waals surface area contributed by atoms with E-state index in [1.165, 1.54) is 5.56 Å². The Morgan fingerprint density at radius 3 is 2.33 bits per heavy atom. The minimum atomic E-state index is -0.937. The summed E-state index contributed by atoms with van der Waals surface area (Å²) in [5.74, 6) is 0.414. The number of ether oxygens (including phenoxy) is 2. The van der Waals surface area contributed by atoms with Gasteiger partial charge in [-0.25, -0.2) is 4.79 Å². The highest BCUT2D eigenvalue weighted by atomic mass is 79.9. The lowest BCUT2D eigenvalue weighted by Crippen LogP contribution is -2.04. The van der Waals surface area contributed by atoms with Gasteiger partial charge in [0.15, 0.2) is 11.5 Å². The molecule has 0 aliphatic heterocycles. The number of nitrogens with one attached hydrogen (secondary N) is 1. The number of anilines is 1. The van der Waals surface area contributed by atoms with Crippen LogP contribution in [0, 0.1) is 6.92 Å². The second kappa shape index (κ2) is 10.2. The zero-order chi connectivity index (χ0) is 21.5. The fourth-order valence-electron chi connectivity index (χ4n) is 2.90. The third-order valence-corrected chi connectivity index (χ3v) is 5.09. The molecule has 6 heteroatoms. The molecular weight excluding hydrogens is 446 g/mol. The molecular formula is C24H24BrNO4. The Bertz CT molecular complexity index is 1000. The molecule has 3 rings (SSSR count). The molecule has 0 bridgehead atoms. The van der Waals surface area contributed by atoms with Gasteiger partial charge in [0.25, 0.3) is 0 Å². The Hall–Kier alpha value is -2.99. The van der Waals surface area contributed by atoms with E-state index in [0.29, 0.717) is 31.3 Å². The zero-order valence-corrected chi connectivity index (χ0v) is 18.5. The van der Waals surface area contributed by atoms with Crippen LogP contribution in [0.4, 0.5) is 5.69 Å². The molecule has 0 radical (unpaired) electrons. The van der Waals surface area contributed by atoms with Gasteiger partial charge >= 0.3 is 5.97 Å². The first kappa shape index (κ1) is 21.7. The van der Waals surface area contributed by atoms with E-state index in [1.54, 1.807) is 24.3 Å². The Kier molecular flexibility index (Phi) is 7.36. The summed E-state index contributed by atoms with van der Waals surface area (Å²) in [6, 6.07) is 18.8. The van der Waals surface area contributed by atoms with E-state index in [2.05, 4.69) is 52.4 Å². The molecule has 0 aliphatic rings. The summed E-state index contributed by atoms with van der Waals surface area (Å²) < 4.78 is 12.7. The number of rotatable bonds is 9. The number of carbonyl (C=O) groups is 1. The Balaban J connectivity index is 1.71. The van der Waals surface area contributed by atoms with Gasteiger partial charge in [-0.2, -0.15) is 0 Å². The van der Waals surface area contributed by atoms with Crippen LogP contribution in [0.15, 0.2) is 65.1 Å². The number of carboxylic acids is 1.